The molecule has 2 amide bonds. The van der Waals surface area contributed by atoms with E-state index in [1.54, 1.807) is 0 Å². The lowest BCUT2D eigenvalue weighted by molar-refractivity contribution is -0.146. The molecule has 0 aromatic heterocycles. The van der Waals surface area contributed by atoms with E-state index in [0.29, 0.717) is 12.8 Å². The molecule has 0 aliphatic carbocycles. The number of hydrogen-bond acceptors (Lipinski definition) is 3. The summed E-state index contributed by atoms with van der Waals surface area (Å²) in [6.45, 7) is 1.52. The zero-order valence-corrected chi connectivity index (χ0v) is 12.2. The smallest absolute Gasteiger partial charge is 0.236 e. The lowest BCUT2D eigenvalue weighted by Crippen LogP contribution is -2.37. The molecule has 1 aromatic carbocycles. The predicted octanol–water partition coefficient (Wildman–Crippen LogP) is 2.32. The molecule has 0 N–H and O–H groups in total. The molecule has 0 radical (unpaired) electrons. The molecule has 1 rings (SSSR count). The van der Waals surface area contributed by atoms with Crippen LogP contribution >= 0.6 is 0 Å². The Morgan fingerprint density at radius 1 is 1.14 bits per heavy atom. The summed E-state index contributed by atoms with van der Waals surface area (Å²) in [5.41, 5.74) is 0.847. The molecule has 0 bridgehead atoms. The van der Waals surface area contributed by atoms with Crippen molar-refractivity contribution >= 4 is 17.6 Å². The number of benzene rings is 1. The highest BCUT2D eigenvalue weighted by atomic mass is 16.2. The van der Waals surface area contributed by atoms with Crippen molar-refractivity contribution in [3.8, 4) is 12.3 Å². The summed E-state index contributed by atoms with van der Waals surface area (Å²) in [6.07, 6.45) is 6.13. The second kappa shape index (κ2) is 8.70. The first-order chi connectivity index (χ1) is 10.0. The van der Waals surface area contributed by atoms with Crippen LogP contribution in [-0.2, 0) is 20.9 Å². The molecule has 0 atom stereocenters. The number of imide groups is 1. The van der Waals surface area contributed by atoms with E-state index in [-0.39, 0.29) is 31.1 Å². The number of hydrogen-bond donors (Lipinski definition) is 0. The molecule has 0 aliphatic rings. The van der Waals surface area contributed by atoms with Gasteiger partial charge in [0.05, 0.1) is 13.0 Å². The lowest BCUT2D eigenvalue weighted by Gasteiger charge is -2.20. The number of rotatable bonds is 7. The maximum Gasteiger partial charge on any atom is 0.236 e. The van der Waals surface area contributed by atoms with Crippen molar-refractivity contribution in [3.63, 3.8) is 0 Å². The molecule has 110 valence electrons. The standard InChI is InChI=1S/C17H19NO3/c1-3-4-6-11-16(20)18(17(21)12-14(2)19)13-15-9-7-5-8-10-15/h1,5,7-10H,4,6,11-13H2,2H3. The van der Waals surface area contributed by atoms with Crippen LogP contribution in [0.5, 0.6) is 0 Å². The van der Waals surface area contributed by atoms with E-state index in [0.717, 1.165) is 10.5 Å². The van der Waals surface area contributed by atoms with Gasteiger partial charge in [0.1, 0.15) is 5.78 Å². The first-order valence-electron chi connectivity index (χ1n) is 6.84. The summed E-state index contributed by atoms with van der Waals surface area (Å²) in [6, 6.07) is 9.21. The van der Waals surface area contributed by atoms with Crippen LogP contribution in [0.25, 0.3) is 0 Å². The van der Waals surface area contributed by atoms with Gasteiger partial charge in [-0.25, -0.2) is 0 Å². The minimum Gasteiger partial charge on any atom is -0.299 e. The Bertz CT molecular complexity index is 543. The van der Waals surface area contributed by atoms with Crippen molar-refractivity contribution in [3.05, 3.63) is 35.9 Å². The predicted molar refractivity (Wildman–Crippen MR) is 80.0 cm³/mol. The zero-order chi connectivity index (χ0) is 15.7. The van der Waals surface area contributed by atoms with Crippen molar-refractivity contribution < 1.29 is 14.4 Å². The summed E-state index contributed by atoms with van der Waals surface area (Å²) in [7, 11) is 0. The number of amides is 2. The average Bonchev–Trinajstić information content (AvgIpc) is 2.45. The van der Waals surface area contributed by atoms with Crippen LogP contribution in [0.15, 0.2) is 30.3 Å². The highest BCUT2D eigenvalue weighted by Crippen LogP contribution is 2.10. The summed E-state index contributed by atoms with van der Waals surface area (Å²) in [5, 5.41) is 0. The largest absolute Gasteiger partial charge is 0.299 e. The maximum absolute atomic E-state index is 12.2. The molecule has 0 unspecified atom stereocenters. The molecule has 4 heteroatoms. The number of carbonyl (C=O) groups is 3. The number of terminal acetylenes is 1. The van der Waals surface area contributed by atoms with Crippen LogP contribution in [0.3, 0.4) is 0 Å². The van der Waals surface area contributed by atoms with Crippen molar-refractivity contribution in [1.82, 2.24) is 4.90 Å². The van der Waals surface area contributed by atoms with E-state index in [9.17, 15) is 14.4 Å². The lowest BCUT2D eigenvalue weighted by atomic mass is 10.1. The molecule has 0 fully saturated rings. The Morgan fingerprint density at radius 2 is 1.81 bits per heavy atom. The summed E-state index contributed by atoms with van der Waals surface area (Å²) < 4.78 is 0. The van der Waals surface area contributed by atoms with Gasteiger partial charge in [-0.3, -0.25) is 19.3 Å². The van der Waals surface area contributed by atoms with E-state index in [2.05, 4.69) is 5.92 Å². The van der Waals surface area contributed by atoms with E-state index in [4.69, 9.17) is 6.42 Å². The van der Waals surface area contributed by atoms with Crippen molar-refractivity contribution in [2.75, 3.05) is 0 Å². The Morgan fingerprint density at radius 3 is 2.38 bits per heavy atom. The summed E-state index contributed by atoms with van der Waals surface area (Å²) in [4.78, 5) is 36.5. The summed E-state index contributed by atoms with van der Waals surface area (Å²) in [5.74, 6) is 1.46. The van der Waals surface area contributed by atoms with Crippen molar-refractivity contribution in [2.24, 2.45) is 0 Å². The minimum absolute atomic E-state index is 0.182. The van der Waals surface area contributed by atoms with Gasteiger partial charge in [-0.1, -0.05) is 30.3 Å². The molecule has 0 aliphatic heterocycles. The van der Waals surface area contributed by atoms with Crippen LogP contribution in [-0.4, -0.2) is 22.5 Å². The fourth-order valence-corrected chi connectivity index (χ4v) is 1.87. The van der Waals surface area contributed by atoms with Gasteiger partial charge in [0.15, 0.2) is 0 Å². The maximum atomic E-state index is 12.2. The van der Waals surface area contributed by atoms with E-state index < -0.39 is 5.91 Å². The number of carbonyl (C=O) groups excluding carboxylic acids is 3. The molecule has 0 saturated carbocycles. The van der Waals surface area contributed by atoms with Crippen LogP contribution < -0.4 is 0 Å². The van der Waals surface area contributed by atoms with Crippen molar-refractivity contribution in [1.29, 1.82) is 0 Å². The molecular weight excluding hydrogens is 266 g/mol. The number of unbranched alkanes of at least 4 members (excludes halogenated alkanes) is 1. The average molecular weight is 285 g/mol. The second-order valence-electron chi connectivity index (χ2n) is 4.80. The second-order valence-corrected chi connectivity index (χ2v) is 4.80. The van der Waals surface area contributed by atoms with Gasteiger partial charge in [0, 0.05) is 12.8 Å². The Hall–Kier alpha value is -2.41. The van der Waals surface area contributed by atoms with Crippen LogP contribution in [0.2, 0.25) is 0 Å². The number of ketones is 1. The highest BCUT2D eigenvalue weighted by Gasteiger charge is 2.22. The topological polar surface area (TPSA) is 54.5 Å². The summed E-state index contributed by atoms with van der Waals surface area (Å²) >= 11 is 0. The quantitative estimate of drug-likeness (QED) is 0.439. The third kappa shape index (κ3) is 6.05. The van der Waals surface area contributed by atoms with Gasteiger partial charge < -0.3 is 0 Å². The Balaban J connectivity index is 2.79. The Kier molecular flexibility index (Phi) is 6.90. The third-order valence-electron chi connectivity index (χ3n) is 2.90. The van der Waals surface area contributed by atoms with Gasteiger partial charge in [0.25, 0.3) is 0 Å². The van der Waals surface area contributed by atoms with Gasteiger partial charge >= 0.3 is 0 Å². The van der Waals surface area contributed by atoms with E-state index in [1.807, 2.05) is 30.3 Å². The van der Waals surface area contributed by atoms with E-state index in [1.165, 1.54) is 6.92 Å². The molecule has 0 saturated heterocycles. The highest BCUT2D eigenvalue weighted by molar-refractivity contribution is 6.03. The molecule has 4 nitrogen and oxygen atoms in total. The van der Waals surface area contributed by atoms with E-state index >= 15 is 0 Å². The molecule has 21 heavy (non-hydrogen) atoms. The fourth-order valence-electron chi connectivity index (χ4n) is 1.87. The van der Waals surface area contributed by atoms with Crippen LogP contribution in [0.1, 0.15) is 38.2 Å². The number of nitrogens with zero attached hydrogens (tertiary/aromatic N) is 1. The minimum atomic E-state index is -0.461. The van der Waals surface area contributed by atoms with Gasteiger partial charge in [-0.2, -0.15) is 0 Å². The monoisotopic (exact) mass is 285 g/mol. The van der Waals surface area contributed by atoms with Gasteiger partial charge in [-0.15, -0.1) is 12.3 Å². The fraction of sp³-hybridized carbons (Fsp3) is 0.353. The molecular formula is C17H19NO3. The molecule has 1 aromatic rings. The third-order valence-corrected chi connectivity index (χ3v) is 2.90. The van der Waals surface area contributed by atoms with Gasteiger partial charge in [-0.05, 0) is 18.9 Å². The number of Topliss-reactive ketones (excluding diaryl/α,β-unsaturated/α-hetero) is 1. The molecule has 0 heterocycles. The Labute approximate surface area is 125 Å². The van der Waals surface area contributed by atoms with Gasteiger partial charge in [0.2, 0.25) is 11.8 Å². The zero-order valence-electron chi connectivity index (χ0n) is 12.2. The van der Waals surface area contributed by atoms with Crippen LogP contribution in [0.4, 0.5) is 0 Å². The molecule has 0 spiro atoms. The first kappa shape index (κ1) is 16.6. The first-order valence-corrected chi connectivity index (χ1v) is 6.84. The normalized spacial score (nSPS) is 9.71. The van der Waals surface area contributed by atoms with Crippen LogP contribution in [0, 0.1) is 12.3 Å². The van der Waals surface area contributed by atoms with Crippen molar-refractivity contribution in [2.45, 2.75) is 39.2 Å². The SMILES string of the molecule is C#CCCCC(=O)N(Cc1ccccc1)C(=O)CC(C)=O.